The van der Waals surface area contributed by atoms with Gasteiger partial charge >= 0.3 is 0 Å². The zero-order valence-corrected chi connectivity index (χ0v) is 19.1. The molecule has 1 aliphatic heterocycles. The van der Waals surface area contributed by atoms with Crippen LogP contribution in [0.25, 0.3) is 0 Å². The topological polar surface area (TPSA) is 108 Å². The highest BCUT2D eigenvalue weighted by atomic mass is 16.5. The van der Waals surface area contributed by atoms with Crippen LogP contribution in [0, 0.1) is 0 Å². The molecule has 0 aliphatic carbocycles. The fourth-order valence-electron chi connectivity index (χ4n) is 3.35. The Balaban J connectivity index is 1.43. The van der Waals surface area contributed by atoms with Gasteiger partial charge in [-0.2, -0.15) is 0 Å². The minimum absolute atomic E-state index is 0.0580. The summed E-state index contributed by atoms with van der Waals surface area (Å²) in [6.45, 7) is 2.37. The molecule has 0 radical (unpaired) electrons. The van der Waals surface area contributed by atoms with Gasteiger partial charge in [-0.15, -0.1) is 0 Å². The fraction of sp³-hybridized carbons (Fsp3) is 0.458. The molecule has 180 valence electrons. The Morgan fingerprint density at radius 2 is 1.70 bits per heavy atom. The van der Waals surface area contributed by atoms with Crippen molar-refractivity contribution in [3.63, 3.8) is 0 Å². The van der Waals surface area contributed by atoms with Gasteiger partial charge in [0.05, 0.1) is 19.4 Å². The lowest BCUT2D eigenvalue weighted by Crippen LogP contribution is -2.33. The maximum atomic E-state index is 11.9. The SMILES string of the molecule is COCCOc1ccc(OCC(O)CNCCOc2ccc(OC)cc2)c2c1NC(=O)CC2. The van der Waals surface area contributed by atoms with Crippen LogP contribution in [0.3, 0.4) is 0 Å². The zero-order chi connectivity index (χ0) is 23.5. The molecule has 0 saturated heterocycles. The molecule has 1 amide bonds. The molecule has 0 saturated carbocycles. The standard InChI is InChI=1S/C24H32N2O7/c1-29-13-14-32-22-9-8-21(20-7-10-23(28)26-24(20)22)33-16-17(27)15-25-11-12-31-19-5-3-18(30-2)4-6-19/h3-6,8-9,17,25,27H,7,10-16H2,1-2H3,(H,26,28). The van der Waals surface area contributed by atoms with Gasteiger partial charge in [-0.05, 0) is 42.8 Å². The predicted octanol–water partition coefficient (Wildman–Crippen LogP) is 2.01. The van der Waals surface area contributed by atoms with Gasteiger partial charge in [0.2, 0.25) is 5.91 Å². The largest absolute Gasteiger partial charge is 0.497 e. The van der Waals surface area contributed by atoms with E-state index >= 15 is 0 Å². The van der Waals surface area contributed by atoms with Crippen LogP contribution in [0.4, 0.5) is 5.69 Å². The molecule has 3 N–H and O–H groups in total. The highest BCUT2D eigenvalue weighted by Crippen LogP contribution is 2.38. The van der Waals surface area contributed by atoms with Gasteiger partial charge < -0.3 is 39.4 Å². The first kappa shape index (κ1) is 24.6. The number of methoxy groups -OCH3 is 2. The average molecular weight is 461 g/mol. The van der Waals surface area contributed by atoms with Gasteiger partial charge in [-0.1, -0.05) is 0 Å². The Morgan fingerprint density at radius 1 is 0.939 bits per heavy atom. The van der Waals surface area contributed by atoms with Crippen LogP contribution < -0.4 is 29.6 Å². The number of aliphatic hydroxyl groups is 1. The summed E-state index contributed by atoms with van der Waals surface area (Å²) in [5.74, 6) is 2.69. The van der Waals surface area contributed by atoms with Gasteiger partial charge in [-0.3, -0.25) is 4.79 Å². The number of ether oxygens (including phenoxy) is 5. The normalized spacial score (nSPS) is 13.6. The van der Waals surface area contributed by atoms with Crippen molar-refractivity contribution in [3.05, 3.63) is 42.0 Å². The number of rotatable bonds is 14. The number of carbonyl (C=O) groups excluding carboxylic acids is 1. The van der Waals surface area contributed by atoms with E-state index < -0.39 is 6.10 Å². The lowest BCUT2D eigenvalue weighted by Gasteiger charge is -2.23. The molecule has 1 heterocycles. The summed E-state index contributed by atoms with van der Waals surface area (Å²) in [6.07, 6.45) is 0.232. The van der Waals surface area contributed by atoms with E-state index in [1.54, 1.807) is 26.4 Å². The number of hydrogen-bond donors (Lipinski definition) is 3. The Kier molecular flexibility index (Phi) is 9.61. The molecule has 1 atom stereocenters. The number of aliphatic hydroxyl groups excluding tert-OH is 1. The number of nitrogens with one attached hydrogen (secondary N) is 2. The van der Waals surface area contributed by atoms with Gasteiger partial charge in [0, 0.05) is 32.2 Å². The van der Waals surface area contributed by atoms with Gasteiger partial charge in [-0.25, -0.2) is 0 Å². The molecule has 0 aromatic heterocycles. The molecule has 0 spiro atoms. The molecular formula is C24H32N2O7. The first-order chi connectivity index (χ1) is 16.1. The molecule has 0 fully saturated rings. The lowest BCUT2D eigenvalue weighted by molar-refractivity contribution is -0.116. The second kappa shape index (κ2) is 12.9. The van der Waals surface area contributed by atoms with Crippen molar-refractivity contribution in [2.45, 2.75) is 18.9 Å². The molecule has 9 nitrogen and oxygen atoms in total. The van der Waals surface area contributed by atoms with E-state index in [2.05, 4.69) is 10.6 Å². The van der Waals surface area contributed by atoms with E-state index in [0.29, 0.717) is 62.9 Å². The minimum Gasteiger partial charge on any atom is -0.497 e. The molecule has 9 heteroatoms. The number of carbonyl (C=O) groups is 1. The Hall–Kier alpha value is -3.01. The van der Waals surface area contributed by atoms with Crippen LogP contribution in [-0.2, 0) is 16.0 Å². The zero-order valence-electron chi connectivity index (χ0n) is 19.1. The Morgan fingerprint density at radius 3 is 2.45 bits per heavy atom. The third kappa shape index (κ3) is 7.52. The van der Waals surface area contributed by atoms with E-state index in [-0.39, 0.29) is 12.5 Å². The maximum absolute atomic E-state index is 11.9. The van der Waals surface area contributed by atoms with Crippen LogP contribution >= 0.6 is 0 Å². The molecule has 1 unspecified atom stereocenters. The second-order valence-electron chi connectivity index (χ2n) is 7.50. The quantitative estimate of drug-likeness (QED) is 0.368. The maximum Gasteiger partial charge on any atom is 0.224 e. The van der Waals surface area contributed by atoms with E-state index in [0.717, 1.165) is 17.1 Å². The summed E-state index contributed by atoms with van der Waals surface area (Å²) in [7, 11) is 3.22. The van der Waals surface area contributed by atoms with Crippen molar-refractivity contribution in [1.82, 2.24) is 5.32 Å². The van der Waals surface area contributed by atoms with Gasteiger partial charge in [0.25, 0.3) is 0 Å². The Bertz CT molecular complexity index is 889. The number of amides is 1. The van der Waals surface area contributed by atoms with Gasteiger partial charge in [0.15, 0.2) is 0 Å². The monoisotopic (exact) mass is 460 g/mol. The summed E-state index contributed by atoms with van der Waals surface area (Å²) >= 11 is 0. The number of fused-ring (bicyclic) bond motifs is 1. The van der Waals surface area contributed by atoms with Crippen LogP contribution in [0.5, 0.6) is 23.0 Å². The summed E-state index contributed by atoms with van der Waals surface area (Å²) in [6, 6.07) is 10.9. The van der Waals surface area contributed by atoms with E-state index in [4.69, 9.17) is 23.7 Å². The summed E-state index contributed by atoms with van der Waals surface area (Å²) in [5.41, 5.74) is 1.50. The molecular weight excluding hydrogens is 428 g/mol. The number of hydrogen-bond acceptors (Lipinski definition) is 8. The minimum atomic E-state index is -0.697. The molecule has 33 heavy (non-hydrogen) atoms. The smallest absolute Gasteiger partial charge is 0.224 e. The molecule has 0 bridgehead atoms. The van der Waals surface area contributed by atoms with E-state index in [1.165, 1.54) is 0 Å². The summed E-state index contributed by atoms with van der Waals surface area (Å²) in [5, 5.41) is 16.3. The van der Waals surface area contributed by atoms with Crippen LogP contribution in [0.2, 0.25) is 0 Å². The molecule has 2 aromatic rings. The van der Waals surface area contributed by atoms with Crippen molar-refractivity contribution in [1.29, 1.82) is 0 Å². The number of anilines is 1. The van der Waals surface area contributed by atoms with E-state index in [9.17, 15) is 9.90 Å². The molecule has 2 aromatic carbocycles. The molecule has 3 rings (SSSR count). The van der Waals surface area contributed by atoms with Crippen molar-refractivity contribution in [3.8, 4) is 23.0 Å². The predicted molar refractivity (Wildman–Crippen MR) is 124 cm³/mol. The van der Waals surface area contributed by atoms with Crippen LogP contribution in [-0.4, -0.2) is 70.9 Å². The second-order valence-corrected chi connectivity index (χ2v) is 7.50. The van der Waals surface area contributed by atoms with Crippen molar-refractivity contribution < 1.29 is 33.6 Å². The summed E-state index contributed by atoms with van der Waals surface area (Å²) < 4.78 is 27.4. The van der Waals surface area contributed by atoms with Crippen molar-refractivity contribution in [2.75, 3.05) is 59.1 Å². The van der Waals surface area contributed by atoms with Crippen LogP contribution in [0.15, 0.2) is 36.4 Å². The molecule has 1 aliphatic rings. The third-order valence-electron chi connectivity index (χ3n) is 5.06. The van der Waals surface area contributed by atoms with Crippen molar-refractivity contribution in [2.24, 2.45) is 0 Å². The average Bonchev–Trinajstić information content (AvgIpc) is 2.83. The number of benzene rings is 2. The first-order valence-electron chi connectivity index (χ1n) is 11.0. The first-order valence-corrected chi connectivity index (χ1v) is 11.0. The Labute approximate surface area is 193 Å². The highest BCUT2D eigenvalue weighted by Gasteiger charge is 2.23. The summed E-state index contributed by atoms with van der Waals surface area (Å²) in [4.78, 5) is 11.9. The van der Waals surface area contributed by atoms with Gasteiger partial charge in [0.1, 0.15) is 48.9 Å². The lowest BCUT2D eigenvalue weighted by atomic mass is 10.0. The highest BCUT2D eigenvalue weighted by molar-refractivity contribution is 5.96. The fourth-order valence-corrected chi connectivity index (χ4v) is 3.35. The van der Waals surface area contributed by atoms with Crippen molar-refractivity contribution >= 4 is 11.6 Å². The third-order valence-corrected chi connectivity index (χ3v) is 5.06. The van der Waals surface area contributed by atoms with Crippen LogP contribution in [0.1, 0.15) is 12.0 Å². The van der Waals surface area contributed by atoms with E-state index in [1.807, 2.05) is 24.3 Å².